The smallest absolute Gasteiger partial charge is 0.336 e. The standard InChI is InChI=1S/C8H6BrNO3/c9-4-1-2-5(8(12)13)6(3-4)7(10)11/h1-3H,(H2,10,11)(H,12,13). The topological polar surface area (TPSA) is 80.4 Å². The van der Waals surface area contributed by atoms with E-state index in [1.807, 2.05) is 0 Å². The number of hydrogen-bond donors (Lipinski definition) is 2. The summed E-state index contributed by atoms with van der Waals surface area (Å²) in [6, 6.07) is 4.24. The van der Waals surface area contributed by atoms with Crippen molar-refractivity contribution in [3.05, 3.63) is 33.8 Å². The van der Waals surface area contributed by atoms with Gasteiger partial charge in [-0.1, -0.05) is 15.9 Å². The maximum atomic E-state index is 10.8. The Hall–Kier alpha value is -1.36. The molecule has 4 nitrogen and oxygen atoms in total. The van der Waals surface area contributed by atoms with Crippen LogP contribution in [-0.4, -0.2) is 17.0 Å². The molecule has 0 saturated heterocycles. The molecule has 0 spiro atoms. The Balaban J connectivity index is 3.35. The number of nitrogens with two attached hydrogens (primary N) is 1. The molecule has 5 heteroatoms. The van der Waals surface area contributed by atoms with Gasteiger partial charge in [0.25, 0.3) is 0 Å². The predicted octanol–water partition coefficient (Wildman–Crippen LogP) is 1.25. The van der Waals surface area contributed by atoms with Gasteiger partial charge in [-0.15, -0.1) is 0 Å². The number of rotatable bonds is 2. The van der Waals surface area contributed by atoms with E-state index in [1.165, 1.54) is 18.2 Å². The van der Waals surface area contributed by atoms with Crippen LogP contribution in [0.1, 0.15) is 20.7 Å². The quantitative estimate of drug-likeness (QED) is 0.821. The first kappa shape index (κ1) is 9.73. The molecule has 1 rings (SSSR count). The van der Waals surface area contributed by atoms with Gasteiger partial charge in [-0.3, -0.25) is 4.79 Å². The average molecular weight is 244 g/mol. The summed E-state index contributed by atoms with van der Waals surface area (Å²) in [7, 11) is 0. The summed E-state index contributed by atoms with van der Waals surface area (Å²) in [6.45, 7) is 0. The first-order chi connectivity index (χ1) is 6.02. The third-order valence-electron chi connectivity index (χ3n) is 1.48. The highest BCUT2D eigenvalue weighted by molar-refractivity contribution is 9.10. The molecule has 0 fully saturated rings. The molecule has 0 atom stereocenters. The third kappa shape index (κ3) is 2.06. The Morgan fingerprint density at radius 2 is 1.92 bits per heavy atom. The lowest BCUT2D eigenvalue weighted by Crippen LogP contribution is -2.16. The number of amides is 1. The van der Waals surface area contributed by atoms with E-state index in [0.717, 1.165) is 0 Å². The van der Waals surface area contributed by atoms with E-state index in [1.54, 1.807) is 0 Å². The van der Waals surface area contributed by atoms with Gasteiger partial charge >= 0.3 is 5.97 Å². The van der Waals surface area contributed by atoms with E-state index in [4.69, 9.17) is 10.8 Å². The lowest BCUT2D eigenvalue weighted by atomic mass is 10.1. The molecule has 0 aliphatic heterocycles. The van der Waals surface area contributed by atoms with Gasteiger partial charge < -0.3 is 10.8 Å². The van der Waals surface area contributed by atoms with E-state index >= 15 is 0 Å². The summed E-state index contributed by atoms with van der Waals surface area (Å²) in [4.78, 5) is 21.4. The molecule has 68 valence electrons. The Kier molecular flexibility index (Phi) is 2.67. The summed E-state index contributed by atoms with van der Waals surface area (Å²) in [5.41, 5.74) is 4.91. The molecule has 0 unspecified atom stereocenters. The van der Waals surface area contributed by atoms with Gasteiger partial charge in [-0.2, -0.15) is 0 Å². The SMILES string of the molecule is NC(=O)c1cc(Br)ccc1C(=O)O. The number of primary amides is 1. The molecular formula is C8H6BrNO3. The molecule has 0 aliphatic rings. The van der Waals surface area contributed by atoms with Crippen LogP contribution >= 0.6 is 15.9 Å². The van der Waals surface area contributed by atoms with E-state index in [-0.39, 0.29) is 11.1 Å². The first-order valence-corrected chi connectivity index (χ1v) is 4.14. The molecule has 3 N–H and O–H groups in total. The normalized spacial score (nSPS) is 9.62. The maximum Gasteiger partial charge on any atom is 0.336 e. The zero-order valence-electron chi connectivity index (χ0n) is 6.45. The van der Waals surface area contributed by atoms with Gasteiger partial charge in [0, 0.05) is 4.47 Å². The zero-order valence-corrected chi connectivity index (χ0v) is 8.04. The van der Waals surface area contributed by atoms with Crippen molar-refractivity contribution in [2.45, 2.75) is 0 Å². The maximum absolute atomic E-state index is 10.8. The minimum atomic E-state index is -1.17. The van der Waals surface area contributed by atoms with Gasteiger partial charge in [0.15, 0.2) is 0 Å². The number of carboxylic acid groups (broad SMARTS) is 1. The number of carbonyl (C=O) groups is 2. The highest BCUT2D eigenvalue weighted by Gasteiger charge is 2.13. The summed E-state index contributed by atoms with van der Waals surface area (Å²) in [6.07, 6.45) is 0. The highest BCUT2D eigenvalue weighted by atomic mass is 79.9. The first-order valence-electron chi connectivity index (χ1n) is 3.35. The van der Waals surface area contributed by atoms with Crippen LogP contribution in [0.4, 0.5) is 0 Å². The molecule has 0 saturated carbocycles. The van der Waals surface area contributed by atoms with Crippen molar-refractivity contribution < 1.29 is 14.7 Å². The number of hydrogen-bond acceptors (Lipinski definition) is 2. The Bertz CT molecular complexity index is 376. The van der Waals surface area contributed by atoms with E-state index < -0.39 is 11.9 Å². The third-order valence-corrected chi connectivity index (χ3v) is 1.97. The van der Waals surface area contributed by atoms with Gasteiger partial charge in [0.05, 0.1) is 11.1 Å². The van der Waals surface area contributed by atoms with Gasteiger partial charge in [-0.05, 0) is 18.2 Å². The van der Waals surface area contributed by atoms with Crippen molar-refractivity contribution >= 4 is 27.8 Å². The number of aromatic carboxylic acids is 1. The number of carbonyl (C=O) groups excluding carboxylic acids is 1. The molecule has 1 aromatic carbocycles. The van der Waals surface area contributed by atoms with Crippen LogP contribution in [0, 0.1) is 0 Å². The predicted molar refractivity (Wildman–Crippen MR) is 49.6 cm³/mol. The van der Waals surface area contributed by atoms with Crippen LogP contribution in [0.3, 0.4) is 0 Å². The molecule has 1 amide bonds. The average Bonchev–Trinajstić information content (AvgIpc) is 2.03. The summed E-state index contributed by atoms with van der Waals surface area (Å²) in [5, 5.41) is 8.68. The molecule has 0 radical (unpaired) electrons. The molecule has 0 bridgehead atoms. The van der Waals surface area contributed by atoms with Crippen molar-refractivity contribution in [3.63, 3.8) is 0 Å². The Labute approximate surface area is 82.5 Å². The Morgan fingerprint density at radius 3 is 2.38 bits per heavy atom. The fourth-order valence-electron chi connectivity index (χ4n) is 0.907. The fourth-order valence-corrected chi connectivity index (χ4v) is 1.27. The second-order valence-corrected chi connectivity index (χ2v) is 3.27. The van der Waals surface area contributed by atoms with Gasteiger partial charge in [0.1, 0.15) is 0 Å². The molecule has 13 heavy (non-hydrogen) atoms. The van der Waals surface area contributed by atoms with E-state index in [0.29, 0.717) is 4.47 Å². The van der Waals surface area contributed by atoms with Crippen LogP contribution in [0.15, 0.2) is 22.7 Å². The summed E-state index contributed by atoms with van der Waals surface area (Å²) in [5.74, 6) is -1.92. The fraction of sp³-hybridized carbons (Fsp3) is 0. The number of benzene rings is 1. The van der Waals surface area contributed by atoms with Crippen LogP contribution in [0.5, 0.6) is 0 Å². The minimum absolute atomic E-state index is 0.00174. The van der Waals surface area contributed by atoms with Crippen LogP contribution in [-0.2, 0) is 0 Å². The number of halogens is 1. The molecule has 0 aliphatic carbocycles. The van der Waals surface area contributed by atoms with Crippen LogP contribution in [0.25, 0.3) is 0 Å². The van der Waals surface area contributed by atoms with E-state index in [2.05, 4.69) is 15.9 Å². The number of carboxylic acids is 1. The lowest BCUT2D eigenvalue weighted by molar-refractivity contribution is 0.0692. The van der Waals surface area contributed by atoms with Crippen LogP contribution in [0.2, 0.25) is 0 Å². The monoisotopic (exact) mass is 243 g/mol. The van der Waals surface area contributed by atoms with Gasteiger partial charge in [0.2, 0.25) is 5.91 Å². The van der Waals surface area contributed by atoms with Crippen molar-refractivity contribution in [2.24, 2.45) is 5.73 Å². The zero-order chi connectivity index (χ0) is 10.0. The highest BCUT2D eigenvalue weighted by Crippen LogP contribution is 2.16. The minimum Gasteiger partial charge on any atom is -0.478 e. The summed E-state index contributed by atoms with van der Waals surface area (Å²) >= 11 is 3.11. The van der Waals surface area contributed by atoms with Crippen molar-refractivity contribution in [2.75, 3.05) is 0 Å². The molecule has 0 aromatic heterocycles. The van der Waals surface area contributed by atoms with Crippen molar-refractivity contribution in [1.82, 2.24) is 0 Å². The lowest BCUT2D eigenvalue weighted by Gasteiger charge is -2.01. The summed E-state index contributed by atoms with van der Waals surface area (Å²) < 4.78 is 0.617. The van der Waals surface area contributed by atoms with Crippen molar-refractivity contribution in [1.29, 1.82) is 0 Å². The molecule has 0 heterocycles. The second-order valence-electron chi connectivity index (χ2n) is 2.36. The van der Waals surface area contributed by atoms with Crippen LogP contribution < -0.4 is 5.73 Å². The van der Waals surface area contributed by atoms with Gasteiger partial charge in [-0.25, -0.2) is 4.79 Å². The largest absolute Gasteiger partial charge is 0.478 e. The van der Waals surface area contributed by atoms with E-state index in [9.17, 15) is 9.59 Å². The second kappa shape index (κ2) is 3.57. The molecule has 1 aromatic rings. The molecular weight excluding hydrogens is 238 g/mol. The Morgan fingerprint density at radius 1 is 1.31 bits per heavy atom. The van der Waals surface area contributed by atoms with Crippen molar-refractivity contribution in [3.8, 4) is 0 Å².